The van der Waals surface area contributed by atoms with E-state index < -0.39 is 53.8 Å². The van der Waals surface area contributed by atoms with Crippen molar-refractivity contribution in [1.29, 1.82) is 0 Å². The second kappa shape index (κ2) is 25.9. The van der Waals surface area contributed by atoms with Crippen molar-refractivity contribution in [1.82, 2.24) is 6.61 Å². The van der Waals surface area contributed by atoms with E-state index in [2.05, 4.69) is 98.6 Å². The summed E-state index contributed by atoms with van der Waals surface area (Å²) in [4.78, 5) is 0. The van der Waals surface area contributed by atoms with Gasteiger partial charge in [-0.1, -0.05) is 0 Å². The molecule has 2 aliphatic carbocycles. The SMILES string of the molecule is CCCCC(CC)C[NH][Hf+]([C]1=CC(C)=CC1)[SiH](C)C.CCCCC(CC)C[NH][Hf+]([C]1=CC(C)=CC1)[SiH](C)C.[Cl-].[Cl-]. The molecule has 8 heteroatoms. The predicted molar refractivity (Wildman–Crippen MR) is 173 cm³/mol. The summed E-state index contributed by atoms with van der Waals surface area (Å²) >= 11 is -3.21. The zero-order valence-electron chi connectivity index (χ0n) is 27.9. The molecule has 0 aromatic heterocycles. The molecule has 0 aliphatic heterocycles. The molecule has 0 aromatic rings. The normalized spacial score (nSPS) is 15.7. The second-order valence-corrected chi connectivity index (χ2v) is 64.4. The molecule has 0 amide bonds. The van der Waals surface area contributed by atoms with Crippen LogP contribution in [0.25, 0.3) is 0 Å². The van der Waals surface area contributed by atoms with E-state index in [1.165, 1.54) is 88.4 Å². The Morgan fingerprint density at radius 2 is 1.02 bits per heavy atom. The average molecular weight is 961 g/mol. The summed E-state index contributed by atoms with van der Waals surface area (Å²) in [7, 11) is 0. The third-order valence-corrected chi connectivity index (χ3v) is 56.5. The number of allylic oxidation sites excluding steroid dienone is 8. The van der Waals surface area contributed by atoms with Gasteiger partial charge in [-0.2, -0.15) is 0 Å². The molecule has 2 unspecified atom stereocenters. The summed E-state index contributed by atoms with van der Waals surface area (Å²) in [5, 5.41) is 0. The summed E-state index contributed by atoms with van der Waals surface area (Å²) in [6, 6.07) is 0. The van der Waals surface area contributed by atoms with Crippen LogP contribution in [-0.4, -0.2) is 25.1 Å². The maximum atomic E-state index is 4.11. The average Bonchev–Trinajstić information content (AvgIpc) is 3.51. The van der Waals surface area contributed by atoms with Gasteiger partial charge in [-0.15, -0.1) is 0 Å². The van der Waals surface area contributed by atoms with Gasteiger partial charge in [0.2, 0.25) is 0 Å². The largest absolute Gasteiger partial charge is 1.00 e. The quantitative estimate of drug-likeness (QED) is 0.207. The topological polar surface area (TPSA) is 24.1 Å². The van der Waals surface area contributed by atoms with Gasteiger partial charge in [0.1, 0.15) is 0 Å². The van der Waals surface area contributed by atoms with Crippen LogP contribution in [0.3, 0.4) is 0 Å². The number of hydrogen-bond acceptors (Lipinski definition) is 2. The van der Waals surface area contributed by atoms with Crippen LogP contribution in [0.5, 0.6) is 0 Å². The number of halogens is 2. The number of nitrogens with one attached hydrogen (secondary N) is 2. The number of rotatable bonds is 18. The van der Waals surface area contributed by atoms with Crippen LogP contribution >= 0.6 is 0 Å². The summed E-state index contributed by atoms with van der Waals surface area (Å²) in [6.45, 7) is 26.7. The van der Waals surface area contributed by atoms with E-state index in [-0.39, 0.29) is 24.8 Å². The molecular formula is C32H64Cl2Hf2N2Si2. The first kappa shape index (κ1) is 43.8. The minimum Gasteiger partial charge on any atom is -1.00 e. The fourth-order valence-corrected chi connectivity index (χ4v) is 48.1. The molecule has 0 fully saturated rings. The number of unbranched alkanes of at least 4 members (excludes halogenated alkanes) is 2. The fraction of sp³-hybridized carbons (Fsp3) is 0.750. The molecule has 2 atom stereocenters. The molecule has 232 valence electrons. The van der Waals surface area contributed by atoms with Crippen molar-refractivity contribution >= 4 is 12.0 Å². The monoisotopic (exact) mass is 962 g/mol. The zero-order valence-corrected chi connectivity index (χ0v) is 38.9. The Morgan fingerprint density at radius 3 is 1.25 bits per heavy atom. The maximum absolute atomic E-state index is 4.11. The van der Waals surface area contributed by atoms with E-state index in [4.69, 9.17) is 0 Å². The zero-order chi connectivity index (χ0) is 28.5. The van der Waals surface area contributed by atoms with Crippen LogP contribution in [0.15, 0.2) is 42.1 Å². The molecular weight excluding hydrogens is 896 g/mol. The molecule has 2 N–H and O–H groups in total. The maximum Gasteiger partial charge on any atom is -1.00 e. The van der Waals surface area contributed by atoms with Crippen molar-refractivity contribution in [3.63, 3.8) is 0 Å². The van der Waals surface area contributed by atoms with E-state index in [0.29, 0.717) is 0 Å². The first-order valence-corrected chi connectivity index (χ1v) is 41.5. The van der Waals surface area contributed by atoms with Crippen molar-refractivity contribution in [2.75, 3.05) is 13.1 Å². The van der Waals surface area contributed by atoms with Crippen LogP contribution in [0.4, 0.5) is 0 Å². The van der Waals surface area contributed by atoms with Crippen LogP contribution in [0.1, 0.15) is 106 Å². The van der Waals surface area contributed by atoms with Gasteiger partial charge in [-0.25, -0.2) is 0 Å². The van der Waals surface area contributed by atoms with E-state index >= 15 is 0 Å². The van der Waals surface area contributed by atoms with Crippen molar-refractivity contribution in [3.05, 3.63) is 42.1 Å². The minimum absolute atomic E-state index is 0. The summed E-state index contributed by atoms with van der Waals surface area (Å²) in [5.74, 6) is 0.915. The standard InChI is InChI=1S/2C8H18N.2C6H7.2C2H7Si.2ClH.2Hf/c2*1-3-5-6-8(4-2)7-9;2*1-6-4-2-3-5-6;2*1-3-2;;;;/h2*8-9H,3-7H2,1-2H3;2*4-5H,2H2,1H3;2*3H,1-2H3;2*1H;;/q2*-1;;;;;;;2*+2/p-2. The van der Waals surface area contributed by atoms with Crippen LogP contribution < -0.4 is 31.4 Å². The second-order valence-electron chi connectivity index (χ2n) is 12.4. The van der Waals surface area contributed by atoms with Gasteiger partial charge in [0, 0.05) is 0 Å². The summed E-state index contributed by atoms with van der Waals surface area (Å²) in [5.41, 5.74) is 3.01. The van der Waals surface area contributed by atoms with Crippen LogP contribution in [0, 0.1) is 11.8 Å². The molecule has 0 spiro atoms. The third kappa shape index (κ3) is 17.8. The van der Waals surface area contributed by atoms with Crippen molar-refractivity contribution < 1.29 is 66.6 Å². The molecule has 0 aromatic carbocycles. The van der Waals surface area contributed by atoms with Crippen molar-refractivity contribution in [2.45, 2.75) is 132 Å². The molecule has 0 radical (unpaired) electrons. The first-order valence-electron chi connectivity index (χ1n) is 16.1. The van der Waals surface area contributed by atoms with E-state index in [0.717, 1.165) is 11.8 Å². The molecule has 40 heavy (non-hydrogen) atoms. The summed E-state index contributed by atoms with van der Waals surface area (Å²) in [6.07, 6.45) is 23.5. The molecule has 2 aliphatic rings. The van der Waals surface area contributed by atoms with Crippen LogP contribution in [-0.2, 0) is 41.8 Å². The Kier molecular flexibility index (Phi) is 28.3. The third-order valence-electron chi connectivity index (χ3n) is 8.19. The van der Waals surface area contributed by atoms with Crippen LogP contribution in [0.2, 0.25) is 26.2 Å². The Morgan fingerprint density at radius 1 is 0.675 bits per heavy atom. The fourth-order valence-electron chi connectivity index (χ4n) is 5.47. The summed E-state index contributed by atoms with van der Waals surface area (Å²) < 4.78 is 11.9. The van der Waals surface area contributed by atoms with Crippen molar-refractivity contribution in [3.8, 4) is 0 Å². The van der Waals surface area contributed by atoms with Gasteiger partial charge in [0.15, 0.2) is 0 Å². The molecule has 0 saturated heterocycles. The minimum atomic E-state index is -1.61. The van der Waals surface area contributed by atoms with Gasteiger partial charge in [-0.3, -0.25) is 0 Å². The molecule has 2 rings (SSSR count). The van der Waals surface area contributed by atoms with Gasteiger partial charge in [0.05, 0.1) is 0 Å². The first-order chi connectivity index (χ1) is 18.2. The van der Waals surface area contributed by atoms with E-state index in [1.54, 1.807) is 0 Å². The van der Waals surface area contributed by atoms with Gasteiger partial charge in [-0.05, 0) is 0 Å². The Hall–Kier alpha value is 1.63. The number of hydrogen-bond donors (Lipinski definition) is 2. The molecule has 0 saturated carbocycles. The van der Waals surface area contributed by atoms with E-state index in [9.17, 15) is 0 Å². The van der Waals surface area contributed by atoms with E-state index in [1.807, 2.05) is 6.66 Å². The Labute approximate surface area is 281 Å². The molecule has 0 heterocycles. The predicted octanol–water partition coefficient (Wildman–Crippen LogP) is 3.09. The Bertz CT molecular complexity index is 721. The smallest absolute Gasteiger partial charge is 1.00 e. The Balaban J connectivity index is 0. The molecule has 0 bridgehead atoms. The van der Waals surface area contributed by atoms with Crippen molar-refractivity contribution in [2.24, 2.45) is 11.8 Å². The molecule has 2 nitrogen and oxygen atoms in total. The van der Waals surface area contributed by atoms with Gasteiger partial charge < -0.3 is 24.8 Å². The van der Waals surface area contributed by atoms with Gasteiger partial charge in [0.25, 0.3) is 0 Å². The van der Waals surface area contributed by atoms with Gasteiger partial charge >= 0.3 is 259 Å².